The van der Waals surface area contributed by atoms with Crippen molar-refractivity contribution >= 4 is 39.3 Å². The maximum Gasteiger partial charge on any atom is 0.349 e. The highest BCUT2D eigenvalue weighted by Gasteiger charge is 2.24. The highest BCUT2D eigenvalue weighted by atomic mass is 32.1. The molecule has 0 saturated carbocycles. The number of aryl methyl sites for hydroxylation is 2. The van der Waals surface area contributed by atoms with Gasteiger partial charge in [0.1, 0.15) is 21.6 Å². The van der Waals surface area contributed by atoms with Gasteiger partial charge in [0.25, 0.3) is 11.5 Å². The van der Waals surface area contributed by atoms with Crippen LogP contribution < -0.4 is 16.2 Å². The Bertz CT molecular complexity index is 1010. The monoisotopic (exact) mass is 406 g/mol. The van der Waals surface area contributed by atoms with Gasteiger partial charge in [-0.15, -0.1) is 11.3 Å². The van der Waals surface area contributed by atoms with Gasteiger partial charge < -0.3 is 15.4 Å². The van der Waals surface area contributed by atoms with Crippen LogP contribution in [0.25, 0.3) is 10.2 Å². The predicted molar refractivity (Wildman–Crippen MR) is 104 cm³/mol. The van der Waals surface area contributed by atoms with Crippen LogP contribution in [0.15, 0.2) is 4.79 Å². The lowest BCUT2D eigenvalue weighted by molar-refractivity contribution is -0.130. The Morgan fingerprint density at radius 2 is 2.11 bits per heavy atom. The third kappa shape index (κ3) is 3.77. The lowest BCUT2D eigenvalue weighted by Crippen LogP contribution is -2.46. The summed E-state index contributed by atoms with van der Waals surface area (Å²) >= 11 is 1.09. The van der Waals surface area contributed by atoms with Crippen LogP contribution in [0.1, 0.15) is 41.3 Å². The summed E-state index contributed by atoms with van der Waals surface area (Å²) in [6.07, 6.45) is 1.63. The molecule has 3 rings (SSSR count). The normalized spacial score (nSPS) is 13.8. The largest absolute Gasteiger partial charge is 0.451 e. The summed E-state index contributed by atoms with van der Waals surface area (Å²) in [5.41, 5.74) is 0.375. The van der Waals surface area contributed by atoms with Gasteiger partial charge in [-0.1, -0.05) is 0 Å². The maximum atomic E-state index is 12.7. The Labute approximate surface area is 165 Å². The van der Waals surface area contributed by atoms with Crippen molar-refractivity contribution < 1.29 is 19.1 Å². The van der Waals surface area contributed by atoms with Gasteiger partial charge in [-0.3, -0.25) is 19.0 Å². The average molecular weight is 406 g/mol. The number of aromatic nitrogens is 2. The van der Waals surface area contributed by atoms with Gasteiger partial charge in [-0.25, -0.2) is 9.78 Å². The molecule has 0 bridgehead atoms. The van der Waals surface area contributed by atoms with E-state index in [1.807, 2.05) is 0 Å². The van der Waals surface area contributed by atoms with Crippen LogP contribution in [0.2, 0.25) is 0 Å². The van der Waals surface area contributed by atoms with Gasteiger partial charge in [0.2, 0.25) is 5.91 Å². The molecule has 3 heterocycles. The zero-order valence-corrected chi connectivity index (χ0v) is 16.8. The summed E-state index contributed by atoms with van der Waals surface area (Å²) in [5.74, 6) is -0.853. The Morgan fingerprint density at radius 1 is 1.36 bits per heavy atom. The first kappa shape index (κ1) is 20.0. The first-order chi connectivity index (χ1) is 13.3. The third-order valence-corrected chi connectivity index (χ3v) is 5.72. The summed E-state index contributed by atoms with van der Waals surface area (Å²) in [6, 6.07) is -0.733. The van der Waals surface area contributed by atoms with E-state index in [1.165, 1.54) is 0 Å². The molecule has 0 aliphatic carbocycles. The molecule has 0 unspecified atom stereocenters. The van der Waals surface area contributed by atoms with Crippen LogP contribution in [0.5, 0.6) is 0 Å². The number of esters is 1. The minimum absolute atomic E-state index is 0.140. The van der Waals surface area contributed by atoms with E-state index in [2.05, 4.69) is 15.6 Å². The SMILES string of the molecule is CCNC(=O)[C@@H](C)NC(=O)COC(=O)c1sc2nc3n(c(=O)c2c1C)CCC3. The first-order valence-corrected chi connectivity index (χ1v) is 9.92. The van der Waals surface area contributed by atoms with E-state index in [1.54, 1.807) is 25.3 Å². The molecule has 1 aliphatic heterocycles. The number of amides is 2. The fraction of sp³-hybridized carbons (Fsp3) is 0.500. The zero-order chi connectivity index (χ0) is 20.4. The average Bonchev–Trinajstić information content (AvgIpc) is 3.25. The number of fused-ring (bicyclic) bond motifs is 2. The molecule has 1 atom stereocenters. The first-order valence-electron chi connectivity index (χ1n) is 9.10. The Hall–Kier alpha value is -2.75. The van der Waals surface area contributed by atoms with E-state index in [4.69, 9.17) is 4.74 Å². The Morgan fingerprint density at radius 3 is 2.82 bits per heavy atom. The molecule has 0 radical (unpaired) electrons. The number of carbonyl (C=O) groups excluding carboxylic acids is 3. The Kier molecular flexibility index (Phi) is 5.78. The summed E-state index contributed by atoms with van der Waals surface area (Å²) in [7, 11) is 0. The standard InChI is InChI=1S/C18H22N4O5S/c1-4-19-15(24)10(3)20-12(23)8-27-18(26)14-9(2)13-16(28-14)21-11-6-5-7-22(11)17(13)25/h10H,4-8H2,1-3H3,(H,19,24)(H,20,23)/t10-/m1/s1. The van der Waals surface area contributed by atoms with Gasteiger partial charge in [-0.2, -0.15) is 0 Å². The van der Waals surface area contributed by atoms with Gasteiger partial charge in [-0.05, 0) is 32.8 Å². The lowest BCUT2D eigenvalue weighted by Gasteiger charge is -2.13. The second kappa shape index (κ2) is 8.09. The molecule has 10 heteroatoms. The number of hydrogen-bond donors (Lipinski definition) is 2. The minimum Gasteiger partial charge on any atom is -0.451 e. The van der Waals surface area contributed by atoms with E-state index in [-0.39, 0.29) is 16.3 Å². The lowest BCUT2D eigenvalue weighted by atomic mass is 10.2. The fourth-order valence-electron chi connectivity index (χ4n) is 3.14. The molecule has 28 heavy (non-hydrogen) atoms. The molecule has 0 spiro atoms. The quantitative estimate of drug-likeness (QED) is 0.675. The van der Waals surface area contributed by atoms with Crippen LogP contribution in [-0.4, -0.2) is 46.5 Å². The minimum atomic E-state index is -0.733. The van der Waals surface area contributed by atoms with Crippen LogP contribution in [0.3, 0.4) is 0 Å². The summed E-state index contributed by atoms with van der Waals surface area (Å²) in [6.45, 7) is 5.57. The number of ether oxygens (including phenoxy) is 1. The number of likely N-dealkylation sites (N-methyl/N-ethyl adjacent to an activating group) is 1. The van der Waals surface area contributed by atoms with E-state index in [9.17, 15) is 19.2 Å². The topological polar surface area (TPSA) is 119 Å². The van der Waals surface area contributed by atoms with Crippen molar-refractivity contribution in [1.29, 1.82) is 0 Å². The second-order valence-electron chi connectivity index (χ2n) is 6.58. The molecule has 0 saturated heterocycles. The van der Waals surface area contributed by atoms with Crippen molar-refractivity contribution in [1.82, 2.24) is 20.2 Å². The van der Waals surface area contributed by atoms with Crippen molar-refractivity contribution in [2.75, 3.05) is 13.2 Å². The maximum absolute atomic E-state index is 12.7. The van der Waals surface area contributed by atoms with E-state index in [0.29, 0.717) is 28.9 Å². The van der Waals surface area contributed by atoms with Gasteiger partial charge in [0, 0.05) is 19.5 Å². The molecule has 0 aromatic carbocycles. The van der Waals surface area contributed by atoms with Crippen LogP contribution in [-0.2, 0) is 27.3 Å². The van der Waals surface area contributed by atoms with Crippen LogP contribution in [0, 0.1) is 6.92 Å². The molecule has 0 fully saturated rings. The van der Waals surface area contributed by atoms with Gasteiger partial charge >= 0.3 is 5.97 Å². The number of carbonyl (C=O) groups is 3. The summed E-state index contributed by atoms with van der Waals surface area (Å²) in [4.78, 5) is 53.9. The fourth-order valence-corrected chi connectivity index (χ4v) is 4.23. The molecule has 9 nitrogen and oxygen atoms in total. The van der Waals surface area contributed by atoms with Crippen LogP contribution in [0.4, 0.5) is 0 Å². The summed E-state index contributed by atoms with van der Waals surface area (Å²) in [5, 5.41) is 5.48. The number of thiophene rings is 1. The summed E-state index contributed by atoms with van der Waals surface area (Å²) < 4.78 is 6.72. The number of rotatable bonds is 6. The molecule has 2 aromatic heterocycles. The van der Waals surface area contributed by atoms with Gasteiger partial charge in [0.05, 0.1) is 5.39 Å². The Balaban J connectivity index is 1.70. The van der Waals surface area contributed by atoms with Crippen molar-refractivity contribution in [3.63, 3.8) is 0 Å². The van der Waals surface area contributed by atoms with Gasteiger partial charge in [0.15, 0.2) is 6.61 Å². The highest BCUT2D eigenvalue weighted by Crippen LogP contribution is 2.29. The molecular formula is C18H22N4O5S. The molecule has 150 valence electrons. The van der Waals surface area contributed by atoms with Crippen molar-refractivity contribution in [2.24, 2.45) is 0 Å². The molecule has 1 aliphatic rings. The molecular weight excluding hydrogens is 384 g/mol. The van der Waals surface area contributed by atoms with Crippen LogP contribution >= 0.6 is 11.3 Å². The van der Waals surface area contributed by atoms with Crippen molar-refractivity contribution in [3.8, 4) is 0 Å². The number of hydrogen-bond acceptors (Lipinski definition) is 7. The smallest absolute Gasteiger partial charge is 0.349 e. The second-order valence-corrected chi connectivity index (χ2v) is 7.58. The highest BCUT2D eigenvalue weighted by molar-refractivity contribution is 7.20. The molecule has 2 amide bonds. The van der Waals surface area contributed by atoms with E-state index < -0.39 is 24.5 Å². The molecule has 2 aromatic rings. The zero-order valence-electron chi connectivity index (χ0n) is 16.0. The third-order valence-electron chi connectivity index (χ3n) is 4.55. The molecule has 2 N–H and O–H groups in total. The van der Waals surface area contributed by atoms with E-state index >= 15 is 0 Å². The number of nitrogens with one attached hydrogen (secondary N) is 2. The van der Waals surface area contributed by atoms with Crippen molar-refractivity contribution in [2.45, 2.75) is 46.2 Å². The van der Waals surface area contributed by atoms with E-state index in [0.717, 1.165) is 30.0 Å². The predicted octanol–water partition coefficient (Wildman–Crippen LogP) is 0.510. The van der Waals surface area contributed by atoms with Crippen molar-refractivity contribution in [3.05, 3.63) is 26.6 Å². The number of nitrogens with zero attached hydrogens (tertiary/aromatic N) is 2.